The molecule has 4 aromatic rings. The number of anilines is 1. The molecule has 1 fully saturated rings. The number of rotatable bonds is 4. The number of nitrogens with zero attached hydrogens (tertiary/aromatic N) is 5. The highest BCUT2D eigenvalue weighted by Crippen LogP contribution is 2.31. The van der Waals surface area contributed by atoms with Gasteiger partial charge in [-0.15, -0.1) is 0 Å². The van der Waals surface area contributed by atoms with Crippen LogP contribution in [0, 0.1) is 6.92 Å². The second-order valence-corrected chi connectivity index (χ2v) is 10.2. The van der Waals surface area contributed by atoms with Gasteiger partial charge in [-0.25, -0.2) is 27.3 Å². The van der Waals surface area contributed by atoms with Crippen LogP contribution in [0.25, 0.3) is 22.4 Å². The Balaban J connectivity index is 1.61. The number of fused-ring (bicyclic) bond motifs is 1. The van der Waals surface area contributed by atoms with Gasteiger partial charge in [0.15, 0.2) is 11.5 Å². The largest absolute Gasteiger partial charge is 0.377 e. The summed E-state index contributed by atoms with van der Waals surface area (Å²) < 4.78 is 33.3. The minimum atomic E-state index is -3.81. The first-order valence-corrected chi connectivity index (χ1v) is 12.3. The topological polar surface area (TPSA) is 90.2 Å². The summed E-state index contributed by atoms with van der Waals surface area (Å²) in [5.74, 6) is 1.12. The predicted molar refractivity (Wildman–Crippen MR) is 127 cm³/mol. The minimum absolute atomic E-state index is 0.149. The van der Waals surface area contributed by atoms with E-state index >= 15 is 0 Å². The van der Waals surface area contributed by atoms with Gasteiger partial charge in [-0.2, -0.15) is 0 Å². The molecule has 1 saturated heterocycles. The monoisotopic (exact) mass is 483 g/mol. The molecule has 170 valence electrons. The fraction of sp³-hybridized carbons (Fsp3) is 0.261. The Hall–Kier alpha value is -3.01. The van der Waals surface area contributed by atoms with Crippen LogP contribution in [0.1, 0.15) is 12.5 Å². The SMILES string of the molecule is Cc1ccc(S(=O)(=O)n2ccc3c(-c4nc(Cl)cc(N5CCOC[C@H]5C)n4)ccnc32)cc1. The molecule has 1 atom stereocenters. The number of pyridine rings is 1. The van der Waals surface area contributed by atoms with Gasteiger partial charge in [0.25, 0.3) is 10.0 Å². The van der Waals surface area contributed by atoms with Crippen LogP contribution >= 0.6 is 11.6 Å². The lowest BCUT2D eigenvalue weighted by atomic mass is 10.1. The van der Waals surface area contributed by atoms with Gasteiger partial charge in [-0.05, 0) is 38.1 Å². The van der Waals surface area contributed by atoms with Crippen molar-refractivity contribution in [3.8, 4) is 11.4 Å². The van der Waals surface area contributed by atoms with Crippen LogP contribution < -0.4 is 4.90 Å². The summed E-state index contributed by atoms with van der Waals surface area (Å²) in [5, 5.41) is 0.932. The van der Waals surface area contributed by atoms with Gasteiger partial charge in [-0.1, -0.05) is 29.3 Å². The summed E-state index contributed by atoms with van der Waals surface area (Å²) in [5.41, 5.74) is 1.94. The smallest absolute Gasteiger partial charge is 0.269 e. The zero-order valence-corrected chi connectivity index (χ0v) is 19.7. The normalized spacial score (nSPS) is 16.9. The Kier molecular flexibility index (Phi) is 5.55. The molecule has 4 heterocycles. The van der Waals surface area contributed by atoms with E-state index < -0.39 is 10.0 Å². The molecule has 5 rings (SSSR count). The third-order valence-corrected chi connectivity index (χ3v) is 7.59. The van der Waals surface area contributed by atoms with Gasteiger partial charge >= 0.3 is 0 Å². The maximum absolute atomic E-state index is 13.3. The number of aromatic nitrogens is 4. The van der Waals surface area contributed by atoms with Crippen molar-refractivity contribution in [3.05, 3.63) is 65.6 Å². The molecule has 1 aliphatic rings. The number of ether oxygens (including phenoxy) is 1. The van der Waals surface area contributed by atoms with Crippen molar-refractivity contribution in [1.29, 1.82) is 0 Å². The number of halogens is 1. The molecule has 0 radical (unpaired) electrons. The average Bonchev–Trinajstić information content (AvgIpc) is 3.24. The first-order chi connectivity index (χ1) is 15.8. The molecule has 0 spiro atoms. The zero-order chi connectivity index (χ0) is 23.2. The van der Waals surface area contributed by atoms with Gasteiger partial charge in [0, 0.05) is 36.0 Å². The summed E-state index contributed by atoms with van der Waals surface area (Å²) in [7, 11) is -3.81. The van der Waals surface area contributed by atoms with Gasteiger partial charge in [0.1, 0.15) is 11.0 Å². The number of hydrogen-bond donors (Lipinski definition) is 0. The maximum Gasteiger partial charge on any atom is 0.269 e. The van der Waals surface area contributed by atoms with Crippen molar-refractivity contribution in [1.82, 2.24) is 18.9 Å². The summed E-state index contributed by atoms with van der Waals surface area (Å²) >= 11 is 6.36. The second-order valence-electron chi connectivity index (χ2n) is 8.02. The third-order valence-electron chi connectivity index (χ3n) is 5.72. The molecule has 33 heavy (non-hydrogen) atoms. The highest BCUT2D eigenvalue weighted by molar-refractivity contribution is 7.90. The lowest BCUT2D eigenvalue weighted by Gasteiger charge is -2.34. The van der Waals surface area contributed by atoms with E-state index in [4.69, 9.17) is 21.3 Å². The Morgan fingerprint density at radius 3 is 2.67 bits per heavy atom. The van der Waals surface area contributed by atoms with Crippen LogP contribution in [-0.2, 0) is 14.8 Å². The molecule has 0 saturated carbocycles. The first kappa shape index (κ1) is 21.8. The predicted octanol–water partition coefficient (Wildman–Crippen LogP) is 3.92. The van der Waals surface area contributed by atoms with E-state index in [9.17, 15) is 8.42 Å². The van der Waals surface area contributed by atoms with Gasteiger partial charge in [0.2, 0.25) is 0 Å². The van der Waals surface area contributed by atoms with Crippen molar-refractivity contribution < 1.29 is 13.2 Å². The lowest BCUT2D eigenvalue weighted by molar-refractivity contribution is 0.0985. The molecule has 0 N–H and O–H groups in total. The molecule has 0 bridgehead atoms. The van der Waals surface area contributed by atoms with E-state index in [1.165, 1.54) is 10.2 Å². The van der Waals surface area contributed by atoms with E-state index in [1.807, 2.05) is 6.92 Å². The highest BCUT2D eigenvalue weighted by Gasteiger charge is 2.24. The fourth-order valence-corrected chi connectivity index (χ4v) is 5.45. The number of morpholine rings is 1. The summed E-state index contributed by atoms with van der Waals surface area (Å²) in [6, 6.07) is 12.1. The van der Waals surface area contributed by atoms with Gasteiger partial charge < -0.3 is 9.64 Å². The quantitative estimate of drug-likeness (QED) is 0.406. The Morgan fingerprint density at radius 2 is 1.91 bits per heavy atom. The van der Waals surface area contributed by atoms with E-state index in [1.54, 1.807) is 48.7 Å². The standard InChI is InChI=1S/C23H22ClN5O3S/c1-15-3-5-17(6-4-15)33(30,31)29-10-8-19-18(7-9-25-23(19)29)22-26-20(24)13-21(27-22)28-11-12-32-14-16(28)2/h3-10,13,16H,11-12,14H2,1-2H3/t16-/m1/s1. The Bertz CT molecular complexity index is 1440. The maximum atomic E-state index is 13.3. The van der Waals surface area contributed by atoms with Crippen molar-refractivity contribution in [2.45, 2.75) is 24.8 Å². The van der Waals surface area contributed by atoms with Crippen molar-refractivity contribution in [2.75, 3.05) is 24.7 Å². The van der Waals surface area contributed by atoms with Crippen LogP contribution in [-0.4, -0.2) is 53.1 Å². The summed E-state index contributed by atoms with van der Waals surface area (Å²) in [6.07, 6.45) is 3.06. The molecular weight excluding hydrogens is 462 g/mol. The van der Waals surface area contributed by atoms with Crippen molar-refractivity contribution in [3.63, 3.8) is 0 Å². The van der Waals surface area contributed by atoms with Crippen LogP contribution in [0.15, 0.2) is 59.8 Å². The molecule has 10 heteroatoms. The number of aryl methyl sites for hydroxylation is 1. The Labute approximate surface area is 196 Å². The first-order valence-electron chi connectivity index (χ1n) is 10.5. The fourth-order valence-electron chi connectivity index (χ4n) is 3.97. The van der Waals surface area contributed by atoms with Gasteiger partial charge in [0.05, 0.1) is 24.2 Å². The molecule has 1 aromatic carbocycles. The molecule has 0 amide bonds. The lowest BCUT2D eigenvalue weighted by Crippen LogP contribution is -2.44. The molecule has 1 aliphatic heterocycles. The van der Waals surface area contributed by atoms with E-state index in [-0.39, 0.29) is 10.9 Å². The number of benzene rings is 1. The number of hydrogen-bond acceptors (Lipinski definition) is 7. The second kappa shape index (κ2) is 8.40. The van der Waals surface area contributed by atoms with Crippen LogP contribution in [0.4, 0.5) is 5.82 Å². The van der Waals surface area contributed by atoms with Crippen molar-refractivity contribution in [2.24, 2.45) is 0 Å². The third kappa shape index (κ3) is 3.96. The molecule has 3 aromatic heterocycles. The van der Waals surface area contributed by atoms with Gasteiger partial charge in [-0.3, -0.25) is 0 Å². The van der Waals surface area contributed by atoms with E-state index in [0.29, 0.717) is 53.2 Å². The molecule has 0 aliphatic carbocycles. The zero-order valence-electron chi connectivity index (χ0n) is 18.1. The average molecular weight is 484 g/mol. The minimum Gasteiger partial charge on any atom is -0.377 e. The Morgan fingerprint density at radius 1 is 1.12 bits per heavy atom. The van der Waals surface area contributed by atoms with Crippen LogP contribution in [0.5, 0.6) is 0 Å². The molecule has 8 nitrogen and oxygen atoms in total. The van der Waals surface area contributed by atoms with Crippen LogP contribution in [0.2, 0.25) is 5.15 Å². The van der Waals surface area contributed by atoms with Crippen LogP contribution in [0.3, 0.4) is 0 Å². The summed E-state index contributed by atoms with van der Waals surface area (Å²) in [4.78, 5) is 15.9. The summed E-state index contributed by atoms with van der Waals surface area (Å²) in [6.45, 7) is 5.89. The molecular formula is C23H22ClN5O3S. The van der Waals surface area contributed by atoms with E-state index in [2.05, 4.69) is 21.8 Å². The van der Waals surface area contributed by atoms with Crippen molar-refractivity contribution >= 4 is 38.5 Å². The van der Waals surface area contributed by atoms with E-state index in [0.717, 1.165) is 5.56 Å². The highest BCUT2D eigenvalue weighted by atomic mass is 35.5. The molecule has 0 unspecified atom stereocenters.